The van der Waals surface area contributed by atoms with Crippen molar-refractivity contribution >= 4 is 29.5 Å². The van der Waals surface area contributed by atoms with Gasteiger partial charge in [0.05, 0.1) is 6.54 Å². The minimum absolute atomic E-state index is 0.706. The number of nitrogens with zero attached hydrogens (tertiary/aromatic N) is 4. The largest absolute Gasteiger partial charge is 0.369 e. The van der Waals surface area contributed by atoms with Gasteiger partial charge in [0, 0.05) is 43.4 Å². The summed E-state index contributed by atoms with van der Waals surface area (Å²) in [5.41, 5.74) is 1.24. The van der Waals surface area contributed by atoms with Crippen LogP contribution in [-0.4, -0.2) is 45.8 Å². The SMILES string of the molecule is CCn1c(CN2CCN(c3ccc(Cl)cc3)CC2)n[nH]c1=S. The average molecular weight is 338 g/mol. The van der Waals surface area contributed by atoms with Gasteiger partial charge >= 0.3 is 0 Å². The van der Waals surface area contributed by atoms with Crippen molar-refractivity contribution in [2.75, 3.05) is 31.1 Å². The van der Waals surface area contributed by atoms with Crippen molar-refractivity contribution in [1.82, 2.24) is 19.7 Å². The van der Waals surface area contributed by atoms with Gasteiger partial charge in [-0.15, -0.1) is 0 Å². The van der Waals surface area contributed by atoms with Crippen molar-refractivity contribution in [3.63, 3.8) is 0 Å². The predicted octanol–water partition coefficient (Wildman–Crippen LogP) is 2.94. The molecule has 1 N–H and O–H groups in total. The van der Waals surface area contributed by atoms with Crippen molar-refractivity contribution in [3.8, 4) is 0 Å². The Morgan fingerprint density at radius 2 is 1.86 bits per heavy atom. The predicted molar refractivity (Wildman–Crippen MR) is 92.0 cm³/mol. The molecule has 0 atom stereocenters. The summed E-state index contributed by atoms with van der Waals surface area (Å²) in [5, 5.41) is 8.01. The molecule has 1 aromatic carbocycles. The van der Waals surface area contributed by atoms with Crippen molar-refractivity contribution in [2.24, 2.45) is 0 Å². The Morgan fingerprint density at radius 3 is 2.50 bits per heavy atom. The summed E-state index contributed by atoms with van der Waals surface area (Å²) in [6, 6.07) is 8.06. The summed E-state index contributed by atoms with van der Waals surface area (Å²) >= 11 is 11.2. The number of piperazine rings is 1. The Balaban J connectivity index is 1.59. The number of hydrogen-bond acceptors (Lipinski definition) is 4. The summed E-state index contributed by atoms with van der Waals surface area (Å²) in [5.74, 6) is 1.02. The summed E-state index contributed by atoms with van der Waals surface area (Å²) in [7, 11) is 0. The number of hydrogen-bond donors (Lipinski definition) is 1. The van der Waals surface area contributed by atoms with Crippen molar-refractivity contribution < 1.29 is 0 Å². The minimum Gasteiger partial charge on any atom is -0.369 e. The van der Waals surface area contributed by atoms with Crippen LogP contribution in [0.15, 0.2) is 24.3 Å². The molecular weight excluding hydrogens is 318 g/mol. The fourth-order valence-electron chi connectivity index (χ4n) is 2.81. The topological polar surface area (TPSA) is 40.1 Å². The van der Waals surface area contributed by atoms with Gasteiger partial charge in [-0.05, 0) is 43.4 Å². The lowest BCUT2D eigenvalue weighted by Crippen LogP contribution is -2.46. The maximum Gasteiger partial charge on any atom is 0.195 e. The highest BCUT2D eigenvalue weighted by atomic mass is 35.5. The van der Waals surface area contributed by atoms with Gasteiger partial charge in [-0.3, -0.25) is 10.00 Å². The van der Waals surface area contributed by atoms with E-state index >= 15 is 0 Å². The van der Waals surface area contributed by atoms with Crippen LogP contribution < -0.4 is 4.90 Å². The molecule has 2 heterocycles. The monoisotopic (exact) mass is 337 g/mol. The van der Waals surface area contributed by atoms with E-state index in [4.69, 9.17) is 23.8 Å². The second-order valence-electron chi connectivity index (χ2n) is 5.43. The van der Waals surface area contributed by atoms with Crippen LogP contribution in [0.25, 0.3) is 0 Å². The van der Waals surface area contributed by atoms with Gasteiger partial charge in [0.2, 0.25) is 0 Å². The number of anilines is 1. The Hall–Kier alpha value is -1.37. The van der Waals surface area contributed by atoms with E-state index in [1.54, 1.807) is 0 Å². The molecule has 0 aliphatic carbocycles. The van der Waals surface area contributed by atoms with Crippen LogP contribution in [-0.2, 0) is 13.1 Å². The Labute approximate surface area is 140 Å². The summed E-state index contributed by atoms with van der Waals surface area (Å²) in [6.07, 6.45) is 0. The molecule has 0 amide bonds. The first-order valence-electron chi connectivity index (χ1n) is 7.54. The van der Waals surface area contributed by atoms with Crippen molar-refractivity contribution in [3.05, 3.63) is 39.9 Å². The van der Waals surface area contributed by atoms with Crippen LogP contribution in [0.4, 0.5) is 5.69 Å². The van der Waals surface area contributed by atoms with Crippen LogP contribution in [0.3, 0.4) is 0 Å². The van der Waals surface area contributed by atoms with Gasteiger partial charge in [-0.1, -0.05) is 11.6 Å². The maximum absolute atomic E-state index is 5.95. The van der Waals surface area contributed by atoms with E-state index in [1.807, 2.05) is 12.1 Å². The van der Waals surface area contributed by atoms with E-state index in [0.29, 0.717) is 4.77 Å². The molecule has 1 saturated heterocycles. The first-order chi connectivity index (χ1) is 10.7. The minimum atomic E-state index is 0.706. The highest BCUT2D eigenvalue weighted by Gasteiger charge is 2.19. The van der Waals surface area contributed by atoms with Gasteiger partial charge in [0.15, 0.2) is 4.77 Å². The molecule has 3 rings (SSSR count). The summed E-state index contributed by atoms with van der Waals surface area (Å²) in [6.45, 7) is 7.86. The van der Waals surface area contributed by atoms with Gasteiger partial charge in [0.25, 0.3) is 0 Å². The molecule has 0 radical (unpaired) electrons. The molecule has 22 heavy (non-hydrogen) atoms. The van der Waals surface area contributed by atoms with Gasteiger partial charge in [0.1, 0.15) is 5.82 Å². The van der Waals surface area contributed by atoms with E-state index in [9.17, 15) is 0 Å². The molecule has 0 unspecified atom stereocenters. The third-order valence-corrected chi connectivity index (χ3v) is 4.65. The maximum atomic E-state index is 5.95. The Morgan fingerprint density at radius 1 is 1.18 bits per heavy atom. The number of aromatic nitrogens is 3. The zero-order valence-corrected chi connectivity index (χ0v) is 14.2. The zero-order valence-electron chi connectivity index (χ0n) is 12.6. The molecule has 5 nitrogen and oxygen atoms in total. The second kappa shape index (κ2) is 6.81. The van der Waals surface area contributed by atoms with Crippen LogP contribution in [0.2, 0.25) is 5.02 Å². The van der Waals surface area contributed by atoms with Crippen LogP contribution >= 0.6 is 23.8 Å². The van der Waals surface area contributed by atoms with Crippen LogP contribution in [0.5, 0.6) is 0 Å². The van der Waals surface area contributed by atoms with E-state index in [0.717, 1.165) is 50.1 Å². The number of benzene rings is 1. The third-order valence-electron chi connectivity index (χ3n) is 4.08. The smallest absolute Gasteiger partial charge is 0.195 e. The number of nitrogens with one attached hydrogen (secondary N) is 1. The Bertz CT molecular complexity index is 670. The first-order valence-corrected chi connectivity index (χ1v) is 8.33. The highest BCUT2D eigenvalue weighted by Crippen LogP contribution is 2.19. The van der Waals surface area contributed by atoms with Crippen LogP contribution in [0.1, 0.15) is 12.7 Å². The lowest BCUT2D eigenvalue weighted by molar-refractivity contribution is 0.240. The van der Waals surface area contributed by atoms with Crippen molar-refractivity contribution in [2.45, 2.75) is 20.0 Å². The molecule has 2 aromatic rings. The van der Waals surface area contributed by atoms with E-state index < -0.39 is 0 Å². The lowest BCUT2D eigenvalue weighted by atomic mass is 10.2. The number of aromatic amines is 1. The number of rotatable bonds is 4. The summed E-state index contributed by atoms with van der Waals surface area (Å²) in [4.78, 5) is 4.81. The van der Waals surface area contributed by atoms with Crippen molar-refractivity contribution in [1.29, 1.82) is 0 Å². The van der Waals surface area contributed by atoms with E-state index in [2.05, 4.69) is 43.6 Å². The van der Waals surface area contributed by atoms with Gasteiger partial charge in [-0.25, -0.2) is 0 Å². The van der Waals surface area contributed by atoms with E-state index in [-0.39, 0.29) is 0 Å². The van der Waals surface area contributed by atoms with Gasteiger partial charge in [-0.2, -0.15) is 5.10 Å². The first kappa shape index (κ1) is 15.5. The molecule has 1 aromatic heterocycles. The molecule has 0 saturated carbocycles. The zero-order chi connectivity index (χ0) is 15.5. The van der Waals surface area contributed by atoms with Gasteiger partial charge < -0.3 is 9.47 Å². The molecule has 1 fully saturated rings. The fourth-order valence-corrected chi connectivity index (χ4v) is 3.22. The van der Waals surface area contributed by atoms with Crippen LogP contribution in [0, 0.1) is 4.77 Å². The lowest BCUT2D eigenvalue weighted by Gasteiger charge is -2.35. The standard InChI is InChI=1S/C15H20ClN5S/c1-2-21-14(17-18-15(21)22)11-19-7-9-20(10-8-19)13-5-3-12(16)4-6-13/h3-6H,2,7-11H2,1H3,(H,18,22). The number of halogens is 1. The normalized spacial score (nSPS) is 16.2. The quantitative estimate of drug-likeness (QED) is 0.871. The molecule has 1 aliphatic rings. The second-order valence-corrected chi connectivity index (χ2v) is 6.25. The molecule has 118 valence electrons. The molecular formula is C15H20ClN5S. The molecule has 1 aliphatic heterocycles. The Kier molecular flexibility index (Phi) is 4.81. The third kappa shape index (κ3) is 3.34. The average Bonchev–Trinajstić information content (AvgIpc) is 2.89. The molecule has 0 bridgehead atoms. The highest BCUT2D eigenvalue weighted by molar-refractivity contribution is 7.71. The molecule has 0 spiro atoms. The molecule has 7 heteroatoms. The van der Waals surface area contributed by atoms with E-state index in [1.165, 1.54) is 5.69 Å². The number of H-pyrrole nitrogens is 1. The summed E-state index contributed by atoms with van der Waals surface area (Å²) < 4.78 is 2.76. The fraction of sp³-hybridized carbons (Fsp3) is 0.467.